The largest absolute Gasteiger partial charge is 0.379 e. The highest BCUT2D eigenvalue weighted by Gasteiger charge is 2.18. The second kappa shape index (κ2) is 4.47. The maximum atomic E-state index is 5.33. The molecule has 0 aliphatic carbocycles. The molecule has 1 unspecified atom stereocenters. The zero-order valence-electron chi connectivity index (χ0n) is 8.29. The van der Waals surface area contributed by atoms with Crippen molar-refractivity contribution in [2.75, 3.05) is 26.3 Å². The molecule has 0 amide bonds. The van der Waals surface area contributed by atoms with Crippen molar-refractivity contribution in [3.05, 3.63) is 22.4 Å². The molecule has 1 atom stereocenters. The molecule has 2 heterocycles. The first-order valence-corrected chi connectivity index (χ1v) is 5.72. The third-order valence-corrected chi connectivity index (χ3v) is 3.20. The Labute approximate surface area is 92.6 Å². The number of hydrogen-bond acceptors (Lipinski definition) is 2. The first-order chi connectivity index (χ1) is 6.77. The maximum Gasteiger partial charge on any atom is 0.0823 e. The van der Waals surface area contributed by atoms with Crippen LogP contribution < -0.4 is 0 Å². The van der Waals surface area contributed by atoms with Gasteiger partial charge in [-0.25, -0.2) is 0 Å². The lowest BCUT2D eigenvalue weighted by molar-refractivity contribution is 0.0199. The fraction of sp³-hybridized carbons (Fsp3) is 0.600. The molecule has 1 N–H and O–H groups in total. The lowest BCUT2D eigenvalue weighted by Crippen LogP contribution is -2.37. The Kier molecular flexibility index (Phi) is 3.26. The van der Waals surface area contributed by atoms with Gasteiger partial charge in [-0.1, -0.05) is 0 Å². The molecule has 1 aliphatic heterocycles. The quantitative estimate of drug-likeness (QED) is 0.881. The molecule has 0 radical (unpaired) electrons. The number of H-pyrrole nitrogens is 1. The minimum absolute atomic E-state index is 0.474. The maximum absolute atomic E-state index is 5.33. The van der Waals surface area contributed by atoms with E-state index in [0.717, 1.165) is 30.9 Å². The smallest absolute Gasteiger partial charge is 0.0823 e. The van der Waals surface area contributed by atoms with E-state index < -0.39 is 0 Å². The molecule has 0 spiro atoms. The summed E-state index contributed by atoms with van der Waals surface area (Å²) < 4.78 is 6.38. The fourth-order valence-electron chi connectivity index (χ4n) is 1.80. The Hall–Kier alpha value is -0.320. The van der Waals surface area contributed by atoms with Crippen molar-refractivity contribution in [2.45, 2.75) is 13.0 Å². The molecular weight excluding hydrogens is 244 g/mol. The normalized spacial score (nSPS) is 21.0. The lowest BCUT2D eigenvalue weighted by atomic mass is 10.1. The monoisotopic (exact) mass is 258 g/mol. The zero-order valence-corrected chi connectivity index (χ0v) is 9.88. The Morgan fingerprint density at radius 2 is 2.21 bits per heavy atom. The third-order valence-electron chi connectivity index (χ3n) is 2.75. The molecule has 0 saturated carbocycles. The number of ether oxygens (including phenoxy) is 1. The van der Waals surface area contributed by atoms with Crippen molar-refractivity contribution in [1.29, 1.82) is 0 Å². The van der Waals surface area contributed by atoms with E-state index in [4.69, 9.17) is 4.74 Å². The van der Waals surface area contributed by atoms with Crippen molar-refractivity contribution in [3.63, 3.8) is 0 Å². The van der Waals surface area contributed by atoms with Crippen molar-refractivity contribution in [3.8, 4) is 0 Å². The summed E-state index contributed by atoms with van der Waals surface area (Å²) in [6.45, 7) is 6.01. The van der Waals surface area contributed by atoms with Gasteiger partial charge < -0.3 is 9.72 Å². The molecule has 3 nitrogen and oxygen atoms in total. The van der Waals surface area contributed by atoms with Crippen LogP contribution in [0, 0.1) is 0 Å². The van der Waals surface area contributed by atoms with Gasteiger partial charge in [0.15, 0.2) is 0 Å². The van der Waals surface area contributed by atoms with Crippen LogP contribution >= 0.6 is 15.9 Å². The highest BCUT2D eigenvalue weighted by Crippen LogP contribution is 2.23. The summed E-state index contributed by atoms with van der Waals surface area (Å²) in [5.41, 5.74) is 1.33. The minimum atomic E-state index is 0.474. The molecule has 14 heavy (non-hydrogen) atoms. The Morgan fingerprint density at radius 1 is 1.50 bits per heavy atom. The van der Waals surface area contributed by atoms with Gasteiger partial charge in [-0.05, 0) is 34.5 Å². The molecule has 1 saturated heterocycles. The predicted molar refractivity (Wildman–Crippen MR) is 59.3 cm³/mol. The number of hydrogen-bond donors (Lipinski definition) is 1. The first-order valence-electron chi connectivity index (χ1n) is 4.93. The first kappa shape index (κ1) is 10.2. The van der Waals surface area contributed by atoms with Crippen molar-refractivity contribution >= 4 is 15.9 Å². The van der Waals surface area contributed by atoms with Crippen LogP contribution in [0.15, 0.2) is 16.9 Å². The van der Waals surface area contributed by atoms with E-state index in [0.29, 0.717) is 6.04 Å². The van der Waals surface area contributed by atoms with Gasteiger partial charge in [-0.2, -0.15) is 0 Å². The van der Waals surface area contributed by atoms with Crippen LogP contribution in [0.5, 0.6) is 0 Å². The van der Waals surface area contributed by atoms with Crippen LogP contribution in [0.3, 0.4) is 0 Å². The van der Waals surface area contributed by atoms with E-state index in [2.05, 4.69) is 45.0 Å². The van der Waals surface area contributed by atoms with Crippen LogP contribution in [0.1, 0.15) is 18.5 Å². The van der Waals surface area contributed by atoms with Gasteiger partial charge in [-0.3, -0.25) is 4.90 Å². The number of morpholine rings is 1. The number of rotatable bonds is 2. The molecule has 0 aromatic carbocycles. The fourth-order valence-corrected chi connectivity index (χ4v) is 2.18. The molecule has 0 bridgehead atoms. The van der Waals surface area contributed by atoms with E-state index in [-0.39, 0.29) is 0 Å². The van der Waals surface area contributed by atoms with Crippen LogP contribution in [0.2, 0.25) is 0 Å². The van der Waals surface area contributed by atoms with Crippen molar-refractivity contribution in [1.82, 2.24) is 9.88 Å². The Morgan fingerprint density at radius 3 is 2.79 bits per heavy atom. The van der Waals surface area contributed by atoms with Crippen LogP contribution in [-0.4, -0.2) is 36.2 Å². The highest BCUT2D eigenvalue weighted by atomic mass is 79.9. The Balaban J connectivity index is 2.03. The van der Waals surface area contributed by atoms with Gasteiger partial charge >= 0.3 is 0 Å². The van der Waals surface area contributed by atoms with Gasteiger partial charge in [0.2, 0.25) is 0 Å². The summed E-state index contributed by atoms with van der Waals surface area (Å²) in [4.78, 5) is 5.59. The number of aromatic amines is 1. The van der Waals surface area contributed by atoms with Crippen LogP contribution in [-0.2, 0) is 4.74 Å². The van der Waals surface area contributed by atoms with Gasteiger partial charge in [-0.15, -0.1) is 0 Å². The highest BCUT2D eigenvalue weighted by molar-refractivity contribution is 9.10. The van der Waals surface area contributed by atoms with Gasteiger partial charge in [0, 0.05) is 25.3 Å². The average molecular weight is 259 g/mol. The van der Waals surface area contributed by atoms with E-state index in [1.54, 1.807) is 0 Å². The molecule has 1 aromatic rings. The lowest BCUT2D eigenvalue weighted by Gasteiger charge is -2.31. The third kappa shape index (κ3) is 2.19. The summed E-state index contributed by atoms with van der Waals surface area (Å²) >= 11 is 3.43. The van der Waals surface area contributed by atoms with Gasteiger partial charge in [0.1, 0.15) is 0 Å². The van der Waals surface area contributed by atoms with Crippen molar-refractivity contribution in [2.24, 2.45) is 0 Å². The number of nitrogens with zero attached hydrogens (tertiary/aromatic N) is 1. The van der Waals surface area contributed by atoms with Gasteiger partial charge in [0.05, 0.1) is 17.8 Å². The minimum Gasteiger partial charge on any atom is -0.379 e. The second-order valence-electron chi connectivity index (χ2n) is 3.61. The van der Waals surface area contributed by atoms with E-state index >= 15 is 0 Å². The van der Waals surface area contributed by atoms with E-state index in [1.165, 1.54) is 5.56 Å². The standard InChI is InChI=1S/C10H15BrN2O/c1-8(9-6-10(11)12-7-9)13-2-4-14-5-3-13/h6-8,12H,2-5H2,1H3. The molecule has 78 valence electrons. The molecule has 1 fully saturated rings. The molecule has 1 aromatic heterocycles. The SMILES string of the molecule is CC(c1c[nH]c(Br)c1)N1CCOCC1. The van der Waals surface area contributed by atoms with E-state index in [9.17, 15) is 0 Å². The average Bonchev–Trinajstić information content (AvgIpc) is 2.65. The van der Waals surface area contributed by atoms with Gasteiger partial charge in [0.25, 0.3) is 0 Å². The predicted octanol–water partition coefficient (Wildman–Crippen LogP) is 2.17. The Bertz CT molecular complexity index is 294. The summed E-state index contributed by atoms with van der Waals surface area (Å²) in [7, 11) is 0. The van der Waals surface area contributed by atoms with Crippen LogP contribution in [0.4, 0.5) is 0 Å². The van der Waals surface area contributed by atoms with E-state index in [1.807, 2.05) is 0 Å². The number of nitrogens with one attached hydrogen (secondary N) is 1. The zero-order chi connectivity index (χ0) is 9.97. The summed E-state index contributed by atoms with van der Waals surface area (Å²) in [6.07, 6.45) is 2.06. The molecular formula is C10H15BrN2O. The summed E-state index contributed by atoms with van der Waals surface area (Å²) in [5, 5.41) is 0. The second-order valence-corrected chi connectivity index (χ2v) is 4.46. The van der Waals surface area contributed by atoms with Crippen LogP contribution in [0.25, 0.3) is 0 Å². The number of halogens is 1. The molecule has 2 rings (SSSR count). The topological polar surface area (TPSA) is 28.3 Å². The molecule has 4 heteroatoms. The summed E-state index contributed by atoms with van der Waals surface area (Å²) in [5.74, 6) is 0. The van der Waals surface area contributed by atoms with Crippen molar-refractivity contribution < 1.29 is 4.74 Å². The summed E-state index contributed by atoms with van der Waals surface area (Å²) in [6, 6.07) is 2.61. The number of aromatic nitrogens is 1. The molecule has 1 aliphatic rings.